The van der Waals surface area contributed by atoms with Crippen LogP contribution in [0.1, 0.15) is 31.7 Å². The van der Waals surface area contributed by atoms with Crippen molar-refractivity contribution in [3.63, 3.8) is 0 Å². The molecule has 1 atom stereocenters. The van der Waals surface area contributed by atoms with Crippen molar-refractivity contribution in [1.82, 2.24) is 5.32 Å². The lowest BCUT2D eigenvalue weighted by molar-refractivity contribution is -0.344. The molecule has 1 amide bonds. The Labute approximate surface area is 162 Å². The SMILES string of the molecule is CCCCCOC(=O)C(Cc1ccccc1)NC(=O)C(F)(F)C(F)(F)C(F)(F)F. The zero-order chi connectivity index (χ0) is 22.3. The Hall–Kier alpha value is -2.33. The average Bonchev–Trinajstić information content (AvgIpc) is 2.64. The van der Waals surface area contributed by atoms with Crippen LogP contribution in [0.2, 0.25) is 0 Å². The summed E-state index contributed by atoms with van der Waals surface area (Å²) in [6, 6.07) is 5.66. The summed E-state index contributed by atoms with van der Waals surface area (Å²) in [7, 11) is 0. The normalized spacial score (nSPS) is 13.7. The van der Waals surface area contributed by atoms with E-state index in [2.05, 4.69) is 0 Å². The number of halogens is 7. The van der Waals surface area contributed by atoms with Gasteiger partial charge in [0.15, 0.2) is 0 Å². The van der Waals surface area contributed by atoms with E-state index >= 15 is 0 Å². The number of unbranched alkanes of at least 4 members (excludes halogenated alkanes) is 2. The van der Waals surface area contributed by atoms with E-state index in [4.69, 9.17) is 4.74 Å². The highest BCUT2D eigenvalue weighted by Crippen LogP contribution is 2.46. The van der Waals surface area contributed by atoms with Crippen molar-refractivity contribution in [3.05, 3.63) is 35.9 Å². The molecule has 29 heavy (non-hydrogen) atoms. The molecule has 0 aliphatic carbocycles. The Kier molecular flexibility index (Phi) is 8.46. The Balaban J connectivity index is 3.00. The fraction of sp³-hybridized carbons (Fsp3) is 0.556. The maximum Gasteiger partial charge on any atom is 0.460 e. The van der Waals surface area contributed by atoms with Crippen LogP contribution < -0.4 is 5.32 Å². The van der Waals surface area contributed by atoms with Crippen molar-refractivity contribution >= 4 is 11.9 Å². The summed E-state index contributed by atoms with van der Waals surface area (Å²) in [5, 5.41) is 1.28. The van der Waals surface area contributed by atoms with Gasteiger partial charge >= 0.3 is 24.0 Å². The van der Waals surface area contributed by atoms with Gasteiger partial charge in [0, 0.05) is 6.42 Å². The van der Waals surface area contributed by atoms with Gasteiger partial charge in [0.05, 0.1) is 6.61 Å². The second-order valence-electron chi connectivity index (χ2n) is 6.24. The van der Waals surface area contributed by atoms with E-state index < -0.39 is 42.4 Å². The van der Waals surface area contributed by atoms with E-state index in [1.165, 1.54) is 29.6 Å². The minimum atomic E-state index is -6.66. The summed E-state index contributed by atoms with van der Waals surface area (Å²) in [5.41, 5.74) is 0.342. The second kappa shape index (κ2) is 9.93. The highest BCUT2D eigenvalue weighted by Gasteiger charge is 2.76. The summed E-state index contributed by atoms with van der Waals surface area (Å²) >= 11 is 0. The topological polar surface area (TPSA) is 55.4 Å². The number of carbonyl (C=O) groups excluding carboxylic acids is 2. The summed E-state index contributed by atoms with van der Waals surface area (Å²) in [5.74, 6) is -16.9. The molecule has 0 spiro atoms. The molecule has 0 fully saturated rings. The fourth-order valence-corrected chi connectivity index (χ4v) is 2.24. The van der Waals surface area contributed by atoms with E-state index in [0.717, 1.165) is 6.42 Å². The molecule has 0 aliphatic rings. The lowest BCUT2D eigenvalue weighted by atomic mass is 10.0. The van der Waals surface area contributed by atoms with Gasteiger partial charge in [0.25, 0.3) is 5.91 Å². The predicted molar refractivity (Wildman–Crippen MR) is 88.5 cm³/mol. The van der Waals surface area contributed by atoms with Gasteiger partial charge in [0.2, 0.25) is 0 Å². The Morgan fingerprint density at radius 1 is 1.00 bits per heavy atom. The minimum absolute atomic E-state index is 0.122. The standard InChI is InChI=1S/C18H20F7NO3/c1-2-3-7-10-29-14(27)13(11-12-8-5-4-6-9-12)26-15(28)16(19,20)17(21,22)18(23,24)25/h4-6,8-9,13H,2-3,7,10-11H2,1H3,(H,26,28). The van der Waals surface area contributed by atoms with E-state index in [9.17, 15) is 40.3 Å². The Morgan fingerprint density at radius 2 is 1.59 bits per heavy atom. The van der Waals surface area contributed by atoms with Crippen molar-refractivity contribution in [2.24, 2.45) is 0 Å². The van der Waals surface area contributed by atoms with Crippen LogP contribution in [0.3, 0.4) is 0 Å². The molecular formula is C18H20F7NO3. The van der Waals surface area contributed by atoms with Crippen molar-refractivity contribution in [1.29, 1.82) is 0 Å². The Bertz CT molecular complexity index is 678. The van der Waals surface area contributed by atoms with Crippen LogP contribution in [0.15, 0.2) is 30.3 Å². The molecule has 0 radical (unpaired) electrons. The number of rotatable bonds is 10. The van der Waals surface area contributed by atoms with Crippen molar-refractivity contribution in [3.8, 4) is 0 Å². The highest BCUT2D eigenvalue weighted by molar-refractivity contribution is 5.89. The van der Waals surface area contributed by atoms with E-state index in [-0.39, 0.29) is 6.61 Å². The first kappa shape index (κ1) is 24.7. The van der Waals surface area contributed by atoms with E-state index in [1.54, 1.807) is 6.07 Å². The van der Waals surface area contributed by atoms with Crippen molar-refractivity contribution in [2.75, 3.05) is 6.61 Å². The van der Waals surface area contributed by atoms with Crippen LogP contribution in [-0.2, 0) is 20.7 Å². The van der Waals surface area contributed by atoms with Gasteiger partial charge in [-0.25, -0.2) is 4.79 Å². The molecule has 1 unspecified atom stereocenters. The van der Waals surface area contributed by atoms with Crippen LogP contribution in [0.4, 0.5) is 30.7 Å². The molecule has 0 aromatic heterocycles. The number of hydrogen-bond acceptors (Lipinski definition) is 3. The van der Waals surface area contributed by atoms with E-state index in [1.807, 2.05) is 6.92 Å². The predicted octanol–water partition coefficient (Wildman–Crippen LogP) is 4.28. The number of carbonyl (C=O) groups is 2. The van der Waals surface area contributed by atoms with Crippen LogP contribution in [0, 0.1) is 0 Å². The number of alkyl halides is 7. The van der Waals surface area contributed by atoms with Gasteiger partial charge < -0.3 is 10.1 Å². The quantitative estimate of drug-likeness (QED) is 0.342. The number of benzene rings is 1. The van der Waals surface area contributed by atoms with Crippen molar-refractivity contribution < 1.29 is 45.1 Å². The molecule has 1 aromatic rings. The third-order valence-corrected chi connectivity index (χ3v) is 3.90. The first-order chi connectivity index (χ1) is 13.3. The maximum absolute atomic E-state index is 13.6. The number of nitrogens with one attached hydrogen (secondary N) is 1. The lowest BCUT2D eigenvalue weighted by Crippen LogP contribution is -2.61. The van der Waals surface area contributed by atoms with Gasteiger partial charge in [-0.3, -0.25) is 4.79 Å². The second-order valence-corrected chi connectivity index (χ2v) is 6.24. The summed E-state index contributed by atoms with van der Waals surface area (Å²) < 4.78 is 94.9. The molecule has 0 saturated carbocycles. The van der Waals surface area contributed by atoms with Gasteiger partial charge in [-0.1, -0.05) is 50.1 Å². The molecule has 164 valence electrons. The summed E-state index contributed by atoms with van der Waals surface area (Å²) in [6.07, 6.45) is -5.22. The van der Waals surface area contributed by atoms with Gasteiger partial charge in [-0.15, -0.1) is 0 Å². The molecule has 1 aromatic carbocycles. The molecule has 0 aliphatic heterocycles. The lowest BCUT2D eigenvalue weighted by Gasteiger charge is -2.28. The minimum Gasteiger partial charge on any atom is -0.464 e. The first-order valence-corrected chi connectivity index (χ1v) is 8.68. The van der Waals surface area contributed by atoms with Crippen LogP contribution in [-0.4, -0.2) is 42.5 Å². The molecule has 1 rings (SSSR count). The fourth-order valence-electron chi connectivity index (χ4n) is 2.24. The number of amides is 1. The highest BCUT2D eigenvalue weighted by atomic mass is 19.4. The summed E-state index contributed by atoms with van der Waals surface area (Å²) in [6.45, 7) is 1.74. The van der Waals surface area contributed by atoms with Gasteiger partial charge in [0.1, 0.15) is 6.04 Å². The maximum atomic E-state index is 13.6. The van der Waals surface area contributed by atoms with Crippen LogP contribution in [0.25, 0.3) is 0 Å². The largest absolute Gasteiger partial charge is 0.464 e. The van der Waals surface area contributed by atoms with Gasteiger partial charge in [-0.2, -0.15) is 30.7 Å². The number of hydrogen-bond donors (Lipinski definition) is 1. The monoisotopic (exact) mass is 431 g/mol. The first-order valence-electron chi connectivity index (χ1n) is 8.68. The van der Waals surface area contributed by atoms with Crippen LogP contribution >= 0.6 is 0 Å². The zero-order valence-electron chi connectivity index (χ0n) is 15.4. The van der Waals surface area contributed by atoms with Crippen molar-refractivity contribution in [2.45, 2.75) is 56.7 Å². The molecule has 0 heterocycles. The number of esters is 1. The van der Waals surface area contributed by atoms with E-state index in [0.29, 0.717) is 18.4 Å². The smallest absolute Gasteiger partial charge is 0.460 e. The number of ether oxygens (including phenoxy) is 1. The summed E-state index contributed by atoms with van der Waals surface area (Å²) in [4.78, 5) is 23.7. The average molecular weight is 431 g/mol. The van der Waals surface area contributed by atoms with Gasteiger partial charge in [-0.05, 0) is 12.0 Å². The zero-order valence-corrected chi connectivity index (χ0v) is 15.4. The molecule has 0 bridgehead atoms. The molecule has 0 saturated heterocycles. The molecule has 4 nitrogen and oxygen atoms in total. The Morgan fingerprint density at radius 3 is 2.10 bits per heavy atom. The van der Waals surface area contributed by atoms with Crippen LogP contribution in [0.5, 0.6) is 0 Å². The molecule has 11 heteroatoms. The molecule has 1 N–H and O–H groups in total. The molecular weight excluding hydrogens is 411 g/mol. The third kappa shape index (κ3) is 6.33. The third-order valence-electron chi connectivity index (χ3n) is 3.90.